The number of furan rings is 1. The van der Waals surface area contributed by atoms with E-state index in [0.29, 0.717) is 24.4 Å². The predicted molar refractivity (Wildman–Crippen MR) is 120 cm³/mol. The van der Waals surface area contributed by atoms with Gasteiger partial charge in [0.1, 0.15) is 11.5 Å². The zero-order chi connectivity index (χ0) is 21.3. The highest BCUT2D eigenvalue weighted by Crippen LogP contribution is 2.19. The summed E-state index contributed by atoms with van der Waals surface area (Å²) >= 11 is 0. The van der Waals surface area contributed by atoms with Crippen molar-refractivity contribution in [1.29, 1.82) is 0 Å². The van der Waals surface area contributed by atoms with Crippen molar-refractivity contribution in [1.82, 2.24) is 15.0 Å². The molecule has 0 spiro atoms. The Hall–Kier alpha value is -4.40. The molecule has 0 saturated carbocycles. The first-order valence-corrected chi connectivity index (χ1v) is 9.56. The topological polar surface area (TPSA) is 109 Å². The smallest absolute Gasteiger partial charge is 0.250 e. The minimum absolute atomic E-state index is 0.292. The standard InChI is InChI=1S/C22H21N7O2/c1-30-18-11-9-17(10-12-18)25-21-26-20(23-15-19-8-5-13-31-19)27-22(28-21)29-24-14-16-6-3-2-4-7-16/h2-14H,15H2,1H3,(H3,23,25,26,27,28,29)/b24-14-. The lowest BCUT2D eigenvalue weighted by Gasteiger charge is -2.10. The number of benzene rings is 2. The fourth-order valence-electron chi connectivity index (χ4n) is 2.65. The summed E-state index contributed by atoms with van der Waals surface area (Å²) in [6.45, 7) is 0.436. The van der Waals surface area contributed by atoms with E-state index in [4.69, 9.17) is 9.15 Å². The molecule has 0 fully saturated rings. The van der Waals surface area contributed by atoms with Gasteiger partial charge >= 0.3 is 0 Å². The molecule has 2 aromatic carbocycles. The summed E-state index contributed by atoms with van der Waals surface area (Å²) < 4.78 is 10.5. The van der Waals surface area contributed by atoms with Gasteiger partial charge in [-0.15, -0.1) is 0 Å². The van der Waals surface area contributed by atoms with Crippen LogP contribution in [0.2, 0.25) is 0 Å². The largest absolute Gasteiger partial charge is 0.497 e. The summed E-state index contributed by atoms with van der Waals surface area (Å²) in [6.07, 6.45) is 3.31. The highest BCUT2D eigenvalue weighted by molar-refractivity contribution is 5.79. The van der Waals surface area contributed by atoms with Gasteiger partial charge in [0, 0.05) is 5.69 Å². The first-order chi connectivity index (χ1) is 15.3. The van der Waals surface area contributed by atoms with Crippen LogP contribution in [0, 0.1) is 0 Å². The Morgan fingerprint density at radius 1 is 0.903 bits per heavy atom. The van der Waals surface area contributed by atoms with Crippen LogP contribution in [0.5, 0.6) is 5.75 Å². The van der Waals surface area contributed by atoms with Crippen molar-refractivity contribution in [2.45, 2.75) is 6.54 Å². The molecule has 4 aromatic rings. The van der Waals surface area contributed by atoms with E-state index in [-0.39, 0.29) is 0 Å². The maximum Gasteiger partial charge on any atom is 0.250 e. The van der Waals surface area contributed by atoms with Crippen molar-refractivity contribution in [2.24, 2.45) is 5.10 Å². The number of aromatic nitrogens is 3. The van der Waals surface area contributed by atoms with Crippen LogP contribution >= 0.6 is 0 Å². The van der Waals surface area contributed by atoms with Crippen molar-refractivity contribution in [3.8, 4) is 5.75 Å². The number of ether oxygens (including phenoxy) is 1. The summed E-state index contributed by atoms with van der Waals surface area (Å²) in [5.41, 5.74) is 4.62. The minimum atomic E-state index is 0.292. The summed E-state index contributed by atoms with van der Waals surface area (Å²) in [4.78, 5) is 13.2. The number of hydrogen-bond acceptors (Lipinski definition) is 9. The van der Waals surface area contributed by atoms with E-state index in [0.717, 1.165) is 22.8 Å². The fourth-order valence-corrected chi connectivity index (χ4v) is 2.65. The second kappa shape index (κ2) is 9.88. The summed E-state index contributed by atoms with van der Waals surface area (Å²) in [7, 11) is 1.62. The normalized spacial score (nSPS) is 10.7. The molecule has 3 N–H and O–H groups in total. The van der Waals surface area contributed by atoms with Gasteiger partial charge in [0.25, 0.3) is 0 Å². The van der Waals surface area contributed by atoms with Crippen molar-refractivity contribution >= 4 is 29.7 Å². The quantitative estimate of drug-likeness (QED) is 0.275. The van der Waals surface area contributed by atoms with E-state index in [1.807, 2.05) is 66.7 Å². The minimum Gasteiger partial charge on any atom is -0.497 e. The Kier molecular flexibility index (Phi) is 6.34. The van der Waals surface area contributed by atoms with Gasteiger partial charge in [-0.2, -0.15) is 20.1 Å². The van der Waals surface area contributed by atoms with Crippen LogP contribution in [0.3, 0.4) is 0 Å². The van der Waals surface area contributed by atoms with Crippen molar-refractivity contribution in [3.05, 3.63) is 84.3 Å². The van der Waals surface area contributed by atoms with Gasteiger partial charge in [0.05, 0.1) is 26.1 Å². The molecule has 9 heteroatoms. The molecule has 2 aromatic heterocycles. The van der Waals surface area contributed by atoms with E-state index in [1.54, 1.807) is 19.6 Å². The Morgan fingerprint density at radius 2 is 1.68 bits per heavy atom. The number of rotatable bonds is 9. The molecule has 31 heavy (non-hydrogen) atoms. The Morgan fingerprint density at radius 3 is 2.42 bits per heavy atom. The molecule has 4 rings (SSSR count). The Bertz CT molecular complexity index is 1110. The van der Waals surface area contributed by atoms with Gasteiger partial charge in [0.2, 0.25) is 17.8 Å². The molecule has 2 heterocycles. The molecule has 0 atom stereocenters. The average molecular weight is 415 g/mol. The van der Waals surface area contributed by atoms with E-state index in [9.17, 15) is 0 Å². The molecule has 0 amide bonds. The lowest BCUT2D eigenvalue weighted by atomic mass is 10.2. The van der Waals surface area contributed by atoms with Crippen LogP contribution < -0.4 is 20.8 Å². The average Bonchev–Trinajstić information content (AvgIpc) is 3.33. The molecule has 156 valence electrons. The highest BCUT2D eigenvalue weighted by Gasteiger charge is 2.08. The summed E-state index contributed by atoms with van der Waals surface area (Å²) in [5.74, 6) is 2.56. The van der Waals surface area contributed by atoms with E-state index in [2.05, 4.69) is 36.1 Å². The van der Waals surface area contributed by atoms with Gasteiger partial charge in [-0.1, -0.05) is 30.3 Å². The third kappa shape index (κ3) is 5.80. The van der Waals surface area contributed by atoms with Crippen molar-refractivity contribution < 1.29 is 9.15 Å². The van der Waals surface area contributed by atoms with Crippen LogP contribution in [0.1, 0.15) is 11.3 Å². The highest BCUT2D eigenvalue weighted by atomic mass is 16.5. The number of hydrogen-bond donors (Lipinski definition) is 3. The Balaban J connectivity index is 1.52. The molecule has 0 saturated heterocycles. The summed E-state index contributed by atoms with van der Waals surface area (Å²) in [5, 5.41) is 10.5. The van der Waals surface area contributed by atoms with Crippen LogP contribution in [0.25, 0.3) is 0 Å². The SMILES string of the molecule is COc1ccc(Nc2nc(NCc3ccco3)nc(N/N=C\c3ccccc3)n2)cc1. The maximum atomic E-state index is 5.35. The van der Waals surface area contributed by atoms with Gasteiger partial charge in [0.15, 0.2) is 0 Å². The molecule has 0 aliphatic heterocycles. The lowest BCUT2D eigenvalue weighted by Crippen LogP contribution is -2.09. The van der Waals surface area contributed by atoms with Gasteiger partial charge in [-0.05, 0) is 42.0 Å². The maximum absolute atomic E-state index is 5.35. The first kappa shape index (κ1) is 19.9. The summed E-state index contributed by atoms with van der Waals surface area (Å²) in [6, 6.07) is 20.9. The Labute approximate surface area is 179 Å². The first-order valence-electron chi connectivity index (χ1n) is 9.56. The van der Waals surface area contributed by atoms with Crippen LogP contribution in [-0.2, 0) is 6.54 Å². The molecule has 0 aliphatic carbocycles. The monoisotopic (exact) mass is 415 g/mol. The molecule has 9 nitrogen and oxygen atoms in total. The number of hydrazone groups is 1. The molecule has 0 radical (unpaired) electrons. The number of nitrogens with one attached hydrogen (secondary N) is 3. The molecule has 0 unspecified atom stereocenters. The molecule has 0 bridgehead atoms. The van der Waals surface area contributed by atoms with E-state index < -0.39 is 0 Å². The third-order valence-corrected chi connectivity index (χ3v) is 4.16. The number of nitrogens with zero attached hydrogens (tertiary/aromatic N) is 4. The van der Waals surface area contributed by atoms with Crippen molar-refractivity contribution in [2.75, 3.05) is 23.2 Å². The number of anilines is 4. The second-order valence-corrected chi connectivity index (χ2v) is 6.37. The van der Waals surface area contributed by atoms with Crippen LogP contribution in [0.4, 0.5) is 23.5 Å². The van der Waals surface area contributed by atoms with Crippen LogP contribution in [0.15, 0.2) is 82.5 Å². The van der Waals surface area contributed by atoms with Gasteiger partial charge in [-0.25, -0.2) is 5.43 Å². The van der Waals surface area contributed by atoms with E-state index >= 15 is 0 Å². The zero-order valence-corrected chi connectivity index (χ0v) is 16.8. The lowest BCUT2D eigenvalue weighted by molar-refractivity contribution is 0.415. The van der Waals surface area contributed by atoms with Crippen molar-refractivity contribution in [3.63, 3.8) is 0 Å². The van der Waals surface area contributed by atoms with Gasteiger partial charge in [-0.3, -0.25) is 0 Å². The fraction of sp³-hybridized carbons (Fsp3) is 0.0909. The molecular weight excluding hydrogens is 394 g/mol. The zero-order valence-electron chi connectivity index (χ0n) is 16.8. The third-order valence-electron chi connectivity index (χ3n) is 4.16. The van der Waals surface area contributed by atoms with Crippen LogP contribution in [-0.4, -0.2) is 28.3 Å². The van der Waals surface area contributed by atoms with Gasteiger partial charge < -0.3 is 19.8 Å². The second-order valence-electron chi connectivity index (χ2n) is 6.37. The predicted octanol–water partition coefficient (Wildman–Crippen LogP) is 4.27. The van der Waals surface area contributed by atoms with E-state index in [1.165, 1.54) is 0 Å². The molecule has 0 aliphatic rings. The molecular formula is C22H21N7O2. The number of methoxy groups -OCH3 is 1.